The second-order valence-electron chi connectivity index (χ2n) is 5.58. The molecular weight excluding hydrogens is 330 g/mol. The van der Waals surface area contributed by atoms with E-state index < -0.39 is 0 Å². The van der Waals surface area contributed by atoms with Crippen LogP contribution in [0.1, 0.15) is 12.0 Å². The first-order valence-corrected chi connectivity index (χ1v) is 8.59. The number of hydrogen-bond donors (Lipinski definition) is 2. The highest BCUT2D eigenvalue weighted by Crippen LogP contribution is 2.18. The van der Waals surface area contributed by atoms with Crippen LogP contribution < -0.4 is 24.8 Å². The second-order valence-corrected chi connectivity index (χ2v) is 5.58. The third-order valence-corrected chi connectivity index (χ3v) is 3.77. The predicted molar refractivity (Wildman–Crippen MR) is 104 cm³/mol. The molecule has 0 bridgehead atoms. The largest absolute Gasteiger partial charge is 0.497 e. The molecule has 0 aliphatic heterocycles. The first kappa shape index (κ1) is 19.4. The summed E-state index contributed by atoms with van der Waals surface area (Å²) >= 11 is 0. The van der Waals surface area contributed by atoms with Gasteiger partial charge in [0.2, 0.25) is 0 Å². The van der Waals surface area contributed by atoms with Crippen LogP contribution in [0.2, 0.25) is 0 Å². The van der Waals surface area contributed by atoms with E-state index in [4.69, 9.17) is 14.2 Å². The minimum absolute atomic E-state index is 0.621. The van der Waals surface area contributed by atoms with Gasteiger partial charge in [-0.1, -0.05) is 18.2 Å². The van der Waals surface area contributed by atoms with Crippen molar-refractivity contribution in [2.45, 2.75) is 13.0 Å². The van der Waals surface area contributed by atoms with Gasteiger partial charge in [0, 0.05) is 26.2 Å². The zero-order valence-corrected chi connectivity index (χ0v) is 15.6. The van der Waals surface area contributed by atoms with Gasteiger partial charge in [0.05, 0.1) is 20.8 Å². The number of aliphatic imine (C=N–C) groups is 1. The van der Waals surface area contributed by atoms with Crippen molar-refractivity contribution in [2.24, 2.45) is 4.99 Å². The van der Waals surface area contributed by atoms with Crippen LogP contribution in [0.4, 0.5) is 0 Å². The summed E-state index contributed by atoms with van der Waals surface area (Å²) in [4.78, 5) is 4.23. The normalized spacial score (nSPS) is 11.0. The smallest absolute Gasteiger partial charge is 0.191 e. The fourth-order valence-electron chi connectivity index (χ4n) is 2.31. The molecule has 2 aromatic carbocycles. The summed E-state index contributed by atoms with van der Waals surface area (Å²) in [5, 5.41) is 6.57. The maximum absolute atomic E-state index is 5.72. The molecule has 0 aliphatic rings. The summed E-state index contributed by atoms with van der Waals surface area (Å²) in [5.74, 6) is 3.23. The molecule has 0 amide bonds. The van der Waals surface area contributed by atoms with E-state index in [2.05, 4.69) is 15.6 Å². The molecule has 0 saturated heterocycles. The summed E-state index contributed by atoms with van der Waals surface area (Å²) in [5.41, 5.74) is 1.16. The SMILES string of the molecule is CN=C(NCCCOc1cccc(OC)c1)NCc1ccc(OC)cc1. The Bertz CT molecular complexity index is 687. The average Bonchev–Trinajstić information content (AvgIpc) is 2.70. The highest BCUT2D eigenvalue weighted by Gasteiger charge is 2.00. The van der Waals surface area contributed by atoms with E-state index in [-0.39, 0.29) is 0 Å². The van der Waals surface area contributed by atoms with Crippen LogP contribution >= 0.6 is 0 Å². The Kier molecular flexibility index (Phi) is 8.12. The first-order valence-electron chi connectivity index (χ1n) is 8.59. The molecule has 0 spiro atoms. The third-order valence-electron chi connectivity index (χ3n) is 3.77. The fraction of sp³-hybridized carbons (Fsp3) is 0.350. The molecule has 140 valence electrons. The lowest BCUT2D eigenvalue weighted by Crippen LogP contribution is -2.37. The molecule has 0 heterocycles. The predicted octanol–water partition coefficient (Wildman–Crippen LogP) is 2.84. The Balaban J connectivity index is 1.65. The zero-order valence-electron chi connectivity index (χ0n) is 15.6. The van der Waals surface area contributed by atoms with Gasteiger partial charge in [0.25, 0.3) is 0 Å². The lowest BCUT2D eigenvalue weighted by Gasteiger charge is -2.13. The van der Waals surface area contributed by atoms with Crippen molar-refractivity contribution in [3.63, 3.8) is 0 Å². The Morgan fingerprint density at radius 2 is 1.65 bits per heavy atom. The summed E-state index contributed by atoms with van der Waals surface area (Å²) < 4.78 is 16.1. The highest BCUT2D eigenvalue weighted by atomic mass is 16.5. The van der Waals surface area contributed by atoms with Gasteiger partial charge in [-0.3, -0.25) is 4.99 Å². The molecule has 26 heavy (non-hydrogen) atoms. The Morgan fingerprint density at radius 3 is 2.35 bits per heavy atom. The maximum atomic E-state index is 5.72. The lowest BCUT2D eigenvalue weighted by molar-refractivity contribution is 0.308. The monoisotopic (exact) mass is 357 g/mol. The molecule has 0 saturated carbocycles. The molecule has 2 rings (SSSR count). The number of benzene rings is 2. The van der Waals surface area contributed by atoms with E-state index in [1.165, 1.54) is 0 Å². The first-order chi connectivity index (χ1) is 12.7. The third kappa shape index (κ3) is 6.55. The van der Waals surface area contributed by atoms with Crippen molar-refractivity contribution >= 4 is 5.96 Å². The minimum Gasteiger partial charge on any atom is -0.497 e. The van der Waals surface area contributed by atoms with Gasteiger partial charge < -0.3 is 24.8 Å². The molecule has 6 heteroatoms. The molecule has 0 radical (unpaired) electrons. The van der Waals surface area contributed by atoms with Gasteiger partial charge in [-0.05, 0) is 36.2 Å². The van der Waals surface area contributed by atoms with Crippen molar-refractivity contribution in [1.82, 2.24) is 10.6 Å². The number of hydrogen-bond acceptors (Lipinski definition) is 4. The van der Waals surface area contributed by atoms with Crippen molar-refractivity contribution in [2.75, 3.05) is 34.4 Å². The molecule has 0 unspecified atom stereocenters. The Morgan fingerprint density at radius 1 is 0.923 bits per heavy atom. The molecule has 2 aromatic rings. The Labute approximate surface area is 155 Å². The molecule has 2 N–H and O–H groups in total. The van der Waals surface area contributed by atoms with Crippen LogP contribution in [0.5, 0.6) is 17.2 Å². The van der Waals surface area contributed by atoms with Gasteiger partial charge >= 0.3 is 0 Å². The molecule has 0 atom stereocenters. The minimum atomic E-state index is 0.621. The van der Waals surface area contributed by atoms with Gasteiger partial charge in [0.1, 0.15) is 17.2 Å². The van der Waals surface area contributed by atoms with Crippen molar-refractivity contribution in [1.29, 1.82) is 0 Å². The maximum Gasteiger partial charge on any atom is 0.191 e. The summed E-state index contributed by atoms with van der Waals surface area (Å²) in [6.45, 7) is 2.09. The van der Waals surface area contributed by atoms with Crippen LogP contribution in [-0.4, -0.2) is 40.4 Å². The summed E-state index contributed by atoms with van der Waals surface area (Å²) in [6, 6.07) is 15.6. The number of guanidine groups is 1. The van der Waals surface area contributed by atoms with Crippen LogP contribution in [0, 0.1) is 0 Å². The summed E-state index contributed by atoms with van der Waals surface area (Å²) in [6.07, 6.45) is 0.862. The zero-order chi connectivity index (χ0) is 18.6. The van der Waals surface area contributed by atoms with Crippen LogP contribution in [0.25, 0.3) is 0 Å². The van der Waals surface area contributed by atoms with E-state index in [0.717, 1.165) is 41.7 Å². The van der Waals surface area contributed by atoms with Crippen LogP contribution in [0.3, 0.4) is 0 Å². The molecule has 0 aliphatic carbocycles. The number of nitrogens with one attached hydrogen (secondary N) is 2. The van der Waals surface area contributed by atoms with Gasteiger partial charge in [-0.2, -0.15) is 0 Å². The number of methoxy groups -OCH3 is 2. The van der Waals surface area contributed by atoms with Gasteiger partial charge in [-0.15, -0.1) is 0 Å². The molecule has 0 aromatic heterocycles. The molecular formula is C20H27N3O3. The van der Waals surface area contributed by atoms with E-state index in [9.17, 15) is 0 Å². The lowest BCUT2D eigenvalue weighted by atomic mass is 10.2. The average molecular weight is 357 g/mol. The van der Waals surface area contributed by atoms with E-state index in [1.807, 2.05) is 48.5 Å². The van der Waals surface area contributed by atoms with E-state index >= 15 is 0 Å². The molecule has 6 nitrogen and oxygen atoms in total. The topological polar surface area (TPSA) is 64.1 Å². The quantitative estimate of drug-likeness (QED) is 0.410. The summed E-state index contributed by atoms with van der Waals surface area (Å²) in [7, 11) is 5.07. The number of ether oxygens (including phenoxy) is 3. The van der Waals surface area contributed by atoms with E-state index in [1.54, 1.807) is 21.3 Å². The van der Waals surface area contributed by atoms with Crippen molar-refractivity contribution in [3.8, 4) is 17.2 Å². The van der Waals surface area contributed by atoms with Crippen LogP contribution in [0.15, 0.2) is 53.5 Å². The second kappa shape index (κ2) is 10.9. The highest BCUT2D eigenvalue weighted by molar-refractivity contribution is 5.79. The number of rotatable bonds is 9. The fourth-order valence-corrected chi connectivity index (χ4v) is 2.31. The van der Waals surface area contributed by atoms with Crippen molar-refractivity contribution < 1.29 is 14.2 Å². The Hall–Kier alpha value is -2.89. The van der Waals surface area contributed by atoms with Gasteiger partial charge in [-0.25, -0.2) is 0 Å². The van der Waals surface area contributed by atoms with Crippen molar-refractivity contribution in [3.05, 3.63) is 54.1 Å². The van der Waals surface area contributed by atoms with E-state index in [0.29, 0.717) is 13.2 Å². The standard InChI is InChI=1S/C20H27N3O3/c1-21-20(23-15-16-8-10-17(24-2)11-9-16)22-12-5-13-26-19-7-4-6-18(14-19)25-3/h4,6-11,14H,5,12-13,15H2,1-3H3,(H2,21,22,23). The van der Waals surface area contributed by atoms with Crippen LogP contribution in [-0.2, 0) is 6.54 Å². The van der Waals surface area contributed by atoms with Gasteiger partial charge in [0.15, 0.2) is 5.96 Å². The molecule has 0 fully saturated rings. The number of nitrogens with zero attached hydrogens (tertiary/aromatic N) is 1.